The van der Waals surface area contributed by atoms with E-state index in [0.717, 1.165) is 50.1 Å². The van der Waals surface area contributed by atoms with Crippen molar-refractivity contribution < 1.29 is 4.79 Å². The summed E-state index contributed by atoms with van der Waals surface area (Å²) in [6.45, 7) is 3.63. The van der Waals surface area contributed by atoms with E-state index in [1.807, 2.05) is 11.0 Å². The lowest BCUT2D eigenvalue weighted by Gasteiger charge is -2.19. The smallest absolute Gasteiger partial charge is 0.222 e. The molecule has 2 heterocycles. The van der Waals surface area contributed by atoms with Gasteiger partial charge < -0.3 is 15.2 Å². The molecule has 2 aromatic rings. The highest BCUT2D eigenvalue weighted by Gasteiger charge is 2.14. The number of aromatic amines is 1. The molecule has 5 heteroatoms. The van der Waals surface area contributed by atoms with E-state index in [0.29, 0.717) is 6.42 Å². The summed E-state index contributed by atoms with van der Waals surface area (Å²) in [5.41, 5.74) is 3.19. The highest BCUT2D eigenvalue weighted by Crippen LogP contribution is 2.13. The molecule has 1 aromatic heterocycles. The van der Waals surface area contributed by atoms with Crippen molar-refractivity contribution in [3.05, 3.63) is 30.1 Å². The van der Waals surface area contributed by atoms with E-state index in [1.165, 1.54) is 5.56 Å². The minimum absolute atomic E-state index is 0.262. The Balaban J connectivity index is 1.58. The van der Waals surface area contributed by atoms with E-state index in [4.69, 9.17) is 0 Å². The zero-order chi connectivity index (χ0) is 13.8. The largest absolute Gasteiger partial charge is 0.345 e. The second-order valence-electron chi connectivity index (χ2n) is 5.24. The number of nitrogens with one attached hydrogen (secondary N) is 2. The quantitative estimate of drug-likeness (QED) is 0.886. The van der Waals surface area contributed by atoms with Gasteiger partial charge in [-0.25, -0.2) is 4.98 Å². The van der Waals surface area contributed by atoms with Crippen LogP contribution in [0.3, 0.4) is 0 Å². The van der Waals surface area contributed by atoms with Crippen LogP contribution in [0.4, 0.5) is 0 Å². The summed E-state index contributed by atoms with van der Waals surface area (Å²) in [7, 11) is 0. The summed E-state index contributed by atoms with van der Waals surface area (Å²) >= 11 is 0. The van der Waals surface area contributed by atoms with Gasteiger partial charge in [0.15, 0.2) is 0 Å². The van der Waals surface area contributed by atoms with Gasteiger partial charge in [0.2, 0.25) is 5.91 Å². The number of hydrogen-bond acceptors (Lipinski definition) is 3. The van der Waals surface area contributed by atoms with Gasteiger partial charge in [0, 0.05) is 26.1 Å². The average molecular weight is 272 g/mol. The molecule has 1 fully saturated rings. The second-order valence-corrected chi connectivity index (χ2v) is 5.24. The molecule has 2 N–H and O–H groups in total. The summed E-state index contributed by atoms with van der Waals surface area (Å²) in [6.07, 6.45) is 4.12. The third kappa shape index (κ3) is 2.99. The van der Waals surface area contributed by atoms with Crippen molar-refractivity contribution in [3.63, 3.8) is 0 Å². The zero-order valence-electron chi connectivity index (χ0n) is 11.6. The first kappa shape index (κ1) is 13.1. The van der Waals surface area contributed by atoms with Gasteiger partial charge in [-0.1, -0.05) is 6.07 Å². The van der Waals surface area contributed by atoms with Crippen LogP contribution >= 0.6 is 0 Å². The minimum atomic E-state index is 0.262. The molecule has 1 aliphatic rings. The Bertz CT molecular complexity index is 584. The van der Waals surface area contributed by atoms with Crippen molar-refractivity contribution in [2.24, 2.45) is 0 Å². The number of aromatic nitrogens is 2. The molecular formula is C15H20N4O. The lowest BCUT2D eigenvalue weighted by atomic mass is 10.1. The van der Waals surface area contributed by atoms with Crippen LogP contribution in [-0.4, -0.2) is 47.0 Å². The van der Waals surface area contributed by atoms with Crippen molar-refractivity contribution in [1.82, 2.24) is 20.2 Å². The highest BCUT2D eigenvalue weighted by atomic mass is 16.2. The predicted octanol–water partition coefficient (Wildman–Crippen LogP) is 1.32. The standard InChI is InChI=1S/C15H20N4O/c20-15(19-8-1-6-16-7-9-19)5-3-12-2-4-13-14(10-12)18-11-17-13/h2,4,10-11,16H,1,3,5-9H2,(H,17,18). The van der Waals surface area contributed by atoms with Gasteiger partial charge in [-0.3, -0.25) is 4.79 Å². The fraction of sp³-hybridized carbons (Fsp3) is 0.467. The fourth-order valence-corrected chi connectivity index (χ4v) is 2.64. The Hall–Kier alpha value is -1.88. The summed E-state index contributed by atoms with van der Waals surface area (Å²) in [5, 5.41) is 3.32. The molecule has 0 saturated carbocycles. The molecule has 106 valence electrons. The van der Waals surface area contributed by atoms with Crippen molar-refractivity contribution in [2.75, 3.05) is 26.2 Å². The van der Waals surface area contributed by atoms with Crippen LogP contribution in [-0.2, 0) is 11.2 Å². The van der Waals surface area contributed by atoms with Gasteiger partial charge >= 0.3 is 0 Å². The third-order valence-electron chi connectivity index (χ3n) is 3.80. The van der Waals surface area contributed by atoms with E-state index in [2.05, 4.69) is 27.4 Å². The number of aryl methyl sites for hydroxylation is 1. The first-order valence-corrected chi connectivity index (χ1v) is 7.23. The number of benzene rings is 1. The average Bonchev–Trinajstić information content (AvgIpc) is 2.76. The Morgan fingerprint density at radius 2 is 2.25 bits per heavy atom. The second kappa shape index (κ2) is 6.05. The molecular weight excluding hydrogens is 252 g/mol. The number of rotatable bonds is 3. The van der Waals surface area contributed by atoms with Gasteiger partial charge in [-0.05, 0) is 37.1 Å². The molecule has 0 aliphatic carbocycles. The van der Waals surface area contributed by atoms with Crippen molar-refractivity contribution in [1.29, 1.82) is 0 Å². The molecule has 0 bridgehead atoms. The van der Waals surface area contributed by atoms with E-state index >= 15 is 0 Å². The number of carbonyl (C=O) groups is 1. The third-order valence-corrected chi connectivity index (χ3v) is 3.80. The Kier molecular flexibility index (Phi) is 3.97. The summed E-state index contributed by atoms with van der Waals surface area (Å²) in [5.74, 6) is 0.262. The van der Waals surface area contributed by atoms with Gasteiger partial charge in [0.1, 0.15) is 0 Å². The topological polar surface area (TPSA) is 61.0 Å². The lowest BCUT2D eigenvalue weighted by molar-refractivity contribution is -0.130. The summed E-state index contributed by atoms with van der Waals surface area (Å²) in [6, 6.07) is 6.14. The van der Waals surface area contributed by atoms with Crippen molar-refractivity contribution in [2.45, 2.75) is 19.3 Å². The molecule has 0 spiro atoms. The molecule has 0 radical (unpaired) electrons. The lowest BCUT2D eigenvalue weighted by Crippen LogP contribution is -2.34. The van der Waals surface area contributed by atoms with Crippen molar-refractivity contribution in [3.8, 4) is 0 Å². The number of H-pyrrole nitrogens is 1. The molecule has 1 aliphatic heterocycles. The normalized spacial score (nSPS) is 16.3. The first-order valence-electron chi connectivity index (χ1n) is 7.23. The van der Waals surface area contributed by atoms with Gasteiger partial charge in [0.05, 0.1) is 17.4 Å². The van der Waals surface area contributed by atoms with Crippen LogP contribution in [0.2, 0.25) is 0 Å². The Morgan fingerprint density at radius 3 is 3.20 bits per heavy atom. The van der Waals surface area contributed by atoms with Crippen LogP contribution in [0.25, 0.3) is 11.0 Å². The molecule has 0 atom stereocenters. The predicted molar refractivity (Wildman–Crippen MR) is 78.5 cm³/mol. The molecule has 0 unspecified atom stereocenters. The summed E-state index contributed by atoms with van der Waals surface area (Å²) < 4.78 is 0. The van der Waals surface area contributed by atoms with Crippen LogP contribution in [0.5, 0.6) is 0 Å². The van der Waals surface area contributed by atoms with Crippen LogP contribution in [0.15, 0.2) is 24.5 Å². The Labute approximate surface area is 118 Å². The zero-order valence-corrected chi connectivity index (χ0v) is 11.6. The monoisotopic (exact) mass is 272 g/mol. The van der Waals surface area contributed by atoms with Gasteiger partial charge in [-0.2, -0.15) is 0 Å². The number of fused-ring (bicyclic) bond motifs is 1. The maximum Gasteiger partial charge on any atom is 0.222 e. The van der Waals surface area contributed by atoms with Crippen LogP contribution < -0.4 is 5.32 Å². The maximum atomic E-state index is 12.2. The van der Waals surface area contributed by atoms with E-state index in [1.54, 1.807) is 6.33 Å². The Morgan fingerprint density at radius 1 is 1.30 bits per heavy atom. The highest BCUT2D eigenvalue weighted by molar-refractivity contribution is 5.77. The number of amides is 1. The number of nitrogens with zero attached hydrogens (tertiary/aromatic N) is 2. The van der Waals surface area contributed by atoms with Crippen molar-refractivity contribution >= 4 is 16.9 Å². The molecule has 1 saturated heterocycles. The first-order chi connectivity index (χ1) is 9.83. The number of imidazole rings is 1. The molecule has 5 nitrogen and oxygen atoms in total. The molecule has 1 amide bonds. The summed E-state index contributed by atoms with van der Waals surface area (Å²) in [4.78, 5) is 21.5. The number of hydrogen-bond donors (Lipinski definition) is 2. The molecule has 1 aromatic carbocycles. The minimum Gasteiger partial charge on any atom is -0.345 e. The molecule has 20 heavy (non-hydrogen) atoms. The van der Waals surface area contributed by atoms with E-state index in [9.17, 15) is 4.79 Å². The van der Waals surface area contributed by atoms with Crippen LogP contribution in [0, 0.1) is 0 Å². The van der Waals surface area contributed by atoms with Crippen LogP contribution in [0.1, 0.15) is 18.4 Å². The van der Waals surface area contributed by atoms with E-state index in [-0.39, 0.29) is 5.91 Å². The van der Waals surface area contributed by atoms with Gasteiger partial charge in [0.25, 0.3) is 0 Å². The van der Waals surface area contributed by atoms with E-state index < -0.39 is 0 Å². The SMILES string of the molecule is O=C(CCc1ccc2nc[nH]c2c1)N1CCCNCC1. The van der Waals surface area contributed by atoms with Gasteiger partial charge in [-0.15, -0.1) is 0 Å². The maximum absolute atomic E-state index is 12.2. The molecule has 3 rings (SSSR count). The number of carbonyl (C=O) groups excluding carboxylic acids is 1. The fourth-order valence-electron chi connectivity index (χ4n) is 2.64.